The maximum Gasteiger partial charge on any atom is 0.321 e. The van der Waals surface area contributed by atoms with Crippen molar-refractivity contribution in [3.63, 3.8) is 0 Å². The second-order valence-electron chi connectivity index (χ2n) is 5.75. The van der Waals surface area contributed by atoms with Crippen LogP contribution >= 0.6 is 0 Å². The largest absolute Gasteiger partial charge is 0.495 e. The highest BCUT2D eigenvalue weighted by molar-refractivity contribution is 5.91. The lowest BCUT2D eigenvalue weighted by molar-refractivity contribution is 0.119. The van der Waals surface area contributed by atoms with E-state index in [-0.39, 0.29) is 6.03 Å². The van der Waals surface area contributed by atoms with Gasteiger partial charge in [-0.2, -0.15) is 0 Å². The van der Waals surface area contributed by atoms with Crippen LogP contribution in [0.5, 0.6) is 5.75 Å². The van der Waals surface area contributed by atoms with Gasteiger partial charge in [0.05, 0.1) is 12.8 Å². The van der Waals surface area contributed by atoms with Crippen LogP contribution in [0.2, 0.25) is 0 Å². The number of benzene rings is 1. The molecule has 1 aromatic carbocycles. The molecule has 0 unspecified atom stereocenters. The molecule has 1 saturated heterocycles. The number of hydrogen-bond acceptors (Lipinski definition) is 3. The van der Waals surface area contributed by atoms with Crippen molar-refractivity contribution in [1.29, 1.82) is 0 Å². The zero-order chi connectivity index (χ0) is 16.2. The van der Waals surface area contributed by atoms with Crippen LogP contribution in [0.1, 0.15) is 12.7 Å². The Morgan fingerprint density at radius 1 is 1.39 bits per heavy atom. The number of carbonyl (C=O) groups excluding carboxylic acids is 1. The summed E-state index contributed by atoms with van der Waals surface area (Å²) in [6.07, 6.45) is 4.78. The Hall–Kier alpha value is -2.50. The minimum atomic E-state index is -0.0768. The van der Waals surface area contributed by atoms with Crippen LogP contribution in [0, 0.1) is 5.92 Å². The van der Waals surface area contributed by atoms with Gasteiger partial charge in [0.2, 0.25) is 0 Å². The van der Waals surface area contributed by atoms with Crippen molar-refractivity contribution in [2.45, 2.75) is 19.9 Å². The number of imidazole rings is 1. The summed E-state index contributed by atoms with van der Waals surface area (Å²) in [4.78, 5) is 18.4. The summed E-state index contributed by atoms with van der Waals surface area (Å²) in [6.45, 7) is 4.55. The summed E-state index contributed by atoms with van der Waals surface area (Å²) in [6, 6.07) is 7.35. The number of aromatic nitrogens is 2. The minimum absolute atomic E-state index is 0.0768. The predicted octanol–water partition coefficient (Wildman–Crippen LogP) is 2.62. The molecule has 0 radical (unpaired) electrons. The van der Waals surface area contributed by atoms with Gasteiger partial charge in [-0.1, -0.05) is 19.1 Å². The highest BCUT2D eigenvalue weighted by Gasteiger charge is 2.31. The molecule has 0 atom stereocenters. The van der Waals surface area contributed by atoms with E-state index in [0.29, 0.717) is 17.4 Å². The number of nitrogens with one attached hydrogen (secondary N) is 1. The van der Waals surface area contributed by atoms with E-state index in [2.05, 4.69) is 21.8 Å². The first-order chi connectivity index (χ1) is 11.2. The number of anilines is 1. The van der Waals surface area contributed by atoms with Gasteiger partial charge in [0.15, 0.2) is 0 Å². The van der Waals surface area contributed by atoms with Crippen molar-refractivity contribution < 1.29 is 9.53 Å². The Balaban J connectivity index is 1.52. The standard InChI is InChI=1S/C17H22N4O2/c1-3-16-18-8-9-20(16)10-13-11-21(12-13)17(22)19-14-6-4-5-7-15(14)23-2/h4-9,13H,3,10-12H2,1-2H3,(H,19,22). The Kier molecular flexibility index (Phi) is 4.50. The smallest absolute Gasteiger partial charge is 0.321 e. The number of likely N-dealkylation sites (tertiary alicyclic amines) is 1. The quantitative estimate of drug-likeness (QED) is 0.923. The normalized spacial score (nSPS) is 14.4. The van der Waals surface area contributed by atoms with Crippen LogP contribution in [0.3, 0.4) is 0 Å². The molecule has 0 saturated carbocycles. The first kappa shape index (κ1) is 15.4. The number of methoxy groups -OCH3 is 1. The third kappa shape index (κ3) is 3.31. The van der Waals surface area contributed by atoms with Gasteiger partial charge >= 0.3 is 6.03 Å². The van der Waals surface area contributed by atoms with Crippen LogP contribution < -0.4 is 10.1 Å². The van der Waals surface area contributed by atoms with Crippen LogP contribution in [-0.4, -0.2) is 40.7 Å². The molecule has 2 aromatic rings. The zero-order valence-corrected chi connectivity index (χ0v) is 13.5. The third-order valence-corrected chi connectivity index (χ3v) is 4.17. The van der Waals surface area contributed by atoms with E-state index in [0.717, 1.165) is 31.9 Å². The molecular formula is C17H22N4O2. The number of urea groups is 1. The maximum atomic E-state index is 12.3. The van der Waals surface area contributed by atoms with Crippen molar-refractivity contribution in [1.82, 2.24) is 14.5 Å². The summed E-state index contributed by atoms with van der Waals surface area (Å²) < 4.78 is 7.43. The van der Waals surface area contributed by atoms with Gasteiger partial charge in [-0.25, -0.2) is 9.78 Å². The molecule has 0 aliphatic carbocycles. The minimum Gasteiger partial charge on any atom is -0.495 e. The van der Waals surface area contributed by atoms with Gasteiger partial charge in [-0.15, -0.1) is 0 Å². The monoisotopic (exact) mass is 314 g/mol. The zero-order valence-electron chi connectivity index (χ0n) is 13.5. The number of amides is 2. The van der Waals surface area contributed by atoms with Crippen molar-refractivity contribution in [2.24, 2.45) is 5.92 Å². The number of carbonyl (C=O) groups is 1. The number of ether oxygens (including phenoxy) is 1. The Bertz CT molecular complexity index is 677. The molecular weight excluding hydrogens is 292 g/mol. The van der Waals surface area contributed by atoms with Gasteiger partial charge in [-0.3, -0.25) is 0 Å². The van der Waals surface area contributed by atoms with Gasteiger partial charge in [-0.05, 0) is 12.1 Å². The molecule has 3 rings (SSSR count). The molecule has 6 heteroatoms. The first-order valence-electron chi connectivity index (χ1n) is 7.90. The van der Waals surface area contributed by atoms with E-state index in [1.165, 1.54) is 0 Å². The third-order valence-electron chi connectivity index (χ3n) is 4.17. The fraction of sp³-hybridized carbons (Fsp3) is 0.412. The molecule has 1 aliphatic rings. The van der Waals surface area contributed by atoms with Crippen LogP contribution in [0.25, 0.3) is 0 Å². The van der Waals surface area contributed by atoms with Gasteiger partial charge < -0.3 is 19.5 Å². The van der Waals surface area contributed by atoms with Gasteiger partial charge in [0.25, 0.3) is 0 Å². The summed E-state index contributed by atoms with van der Waals surface area (Å²) in [5, 5.41) is 2.91. The molecule has 0 spiro atoms. The molecule has 1 aromatic heterocycles. The van der Waals surface area contributed by atoms with E-state index in [9.17, 15) is 4.79 Å². The van der Waals surface area contributed by atoms with Crippen LogP contribution in [-0.2, 0) is 13.0 Å². The Labute approximate surface area is 136 Å². The highest BCUT2D eigenvalue weighted by Crippen LogP contribution is 2.25. The molecule has 0 bridgehead atoms. The lowest BCUT2D eigenvalue weighted by Gasteiger charge is -2.39. The lowest BCUT2D eigenvalue weighted by atomic mass is 10.0. The van der Waals surface area contributed by atoms with E-state index in [1.807, 2.05) is 41.6 Å². The predicted molar refractivity (Wildman–Crippen MR) is 88.7 cm³/mol. The van der Waals surface area contributed by atoms with Crippen molar-refractivity contribution in [2.75, 3.05) is 25.5 Å². The highest BCUT2D eigenvalue weighted by atomic mass is 16.5. The number of hydrogen-bond donors (Lipinski definition) is 1. The Morgan fingerprint density at radius 3 is 2.91 bits per heavy atom. The molecule has 6 nitrogen and oxygen atoms in total. The van der Waals surface area contributed by atoms with E-state index < -0.39 is 0 Å². The molecule has 2 heterocycles. The van der Waals surface area contributed by atoms with Crippen molar-refractivity contribution in [3.8, 4) is 5.75 Å². The molecule has 1 fully saturated rings. The lowest BCUT2D eigenvalue weighted by Crippen LogP contribution is -2.53. The average molecular weight is 314 g/mol. The topological polar surface area (TPSA) is 59.4 Å². The molecule has 122 valence electrons. The second-order valence-corrected chi connectivity index (χ2v) is 5.75. The number of nitrogens with zero attached hydrogens (tertiary/aromatic N) is 3. The summed E-state index contributed by atoms with van der Waals surface area (Å²) >= 11 is 0. The summed E-state index contributed by atoms with van der Waals surface area (Å²) in [7, 11) is 1.60. The Morgan fingerprint density at radius 2 is 2.17 bits per heavy atom. The van der Waals surface area contributed by atoms with E-state index in [1.54, 1.807) is 7.11 Å². The molecule has 23 heavy (non-hydrogen) atoms. The first-order valence-corrected chi connectivity index (χ1v) is 7.90. The number of para-hydroxylation sites is 2. The second kappa shape index (κ2) is 6.73. The van der Waals surface area contributed by atoms with Crippen LogP contribution in [0.4, 0.5) is 10.5 Å². The molecule has 1 N–H and O–H groups in total. The van der Waals surface area contributed by atoms with Crippen molar-refractivity contribution >= 4 is 11.7 Å². The molecule has 1 aliphatic heterocycles. The van der Waals surface area contributed by atoms with Crippen LogP contribution in [0.15, 0.2) is 36.7 Å². The molecule has 2 amide bonds. The average Bonchev–Trinajstić information content (AvgIpc) is 2.98. The van der Waals surface area contributed by atoms with Gasteiger partial charge in [0, 0.05) is 44.4 Å². The van der Waals surface area contributed by atoms with Gasteiger partial charge in [0.1, 0.15) is 11.6 Å². The summed E-state index contributed by atoms with van der Waals surface area (Å²) in [5.41, 5.74) is 0.700. The number of aryl methyl sites for hydroxylation is 1. The fourth-order valence-corrected chi connectivity index (χ4v) is 2.89. The SMILES string of the molecule is CCc1nccn1CC1CN(C(=O)Nc2ccccc2OC)C1. The fourth-order valence-electron chi connectivity index (χ4n) is 2.89. The van der Waals surface area contributed by atoms with Crippen molar-refractivity contribution in [3.05, 3.63) is 42.5 Å². The van der Waals surface area contributed by atoms with E-state index >= 15 is 0 Å². The summed E-state index contributed by atoms with van der Waals surface area (Å²) in [5.74, 6) is 2.25. The number of rotatable bonds is 5. The maximum absolute atomic E-state index is 12.3. The van der Waals surface area contributed by atoms with E-state index in [4.69, 9.17) is 4.74 Å².